The predicted molar refractivity (Wildman–Crippen MR) is 69.6 cm³/mol. The molecular formula is C14H21NO2. The smallest absolute Gasteiger partial charge is 0.119 e. The molecular weight excluding hydrogens is 214 g/mol. The summed E-state index contributed by atoms with van der Waals surface area (Å²) in [5.41, 5.74) is 1.25. The maximum atomic E-state index is 9.11. The average Bonchev–Trinajstić information content (AvgIpc) is 2.40. The molecule has 0 unspecified atom stereocenters. The Morgan fingerprint density at radius 3 is 2.41 bits per heavy atom. The van der Waals surface area contributed by atoms with Gasteiger partial charge in [0.15, 0.2) is 0 Å². The van der Waals surface area contributed by atoms with Gasteiger partial charge in [-0.25, -0.2) is 0 Å². The van der Waals surface area contributed by atoms with E-state index < -0.39 is 0 Å². The summed E-state index contributed by atoms with van der Waals surface area (Å²) in [5.74, 6) is 1.43. The van der Waals surface area contributed by atoms with Gasteiger partial charge in [0.2, 0.25) is 0 Å². The summed E-state index contributed by atoms with van der Waals surface area (Å²) in [6, 6.07) is 8.28. The van der Waals surface area contributed by atoms with Crippen LogP contribution in [0.2, 0.25) is 0 Å². The Morgan fingerprint density at radius 1 is 1.24 bits per heavy atom. The highest BCUT2D eigenvalue weighted by Gasteiger charge is 2.18. The first-order valence-corrected chi connectivity index (χ1v) is 6.42. The average molecular weight is 235 g/mol. The number of benzene rings is 1. The largest absolute Gasteiger partial charge is 0.494 e. The highest BCUT2D eigenvalue weighted by Crippen LogP contribution is 2.24. The summed E-state index contributed by atoms with van der Waals surface area (Å²) >= 11 is 0. The molecule has 3 nitrogen and oxygen atoms in total. The molecule has 2 rings (SSSR count). The van der Waals surface area contributed by atoms with Crippen LogP contribution in [0.3, 0.4) is 0 Å². The van der Waals surface area contributed by atoms with Crippen LogP contribution in [0, 0.1) is 5.92 Å². The molecule has 1 aromatic rings. The van der Waals surface area contributed by atoms with Crippen LogP contribution in [-0.2, 0) is 0 Å². The summed E-state index contributed by atoms with van der Waals surface area (Å²) in [6.07, 6.45) is 2.17. The van der Waals surface area contributed by atoms with E-state index in [1.165, 1.54) is 5.69 Å². The molecule has 0 bridgehead atoms. The fourth-order valence-electron chi connectivity index (χ4n) is 2.29. The van der Waals surface area contributed by atoms with Gasteiger partial charge in [-0.2, -0.15) is 0 Å². The van der Waals surface area contributed by atoms with Gasteiger partial charge < -0.3 is 14.7 Å². The van der Waals surface area contributed by atoms with E-state index in [-0.39, 0.29) is 0 Å². The Balaban J connectivity index is 1.94. The molecule has 1 saturated heterocycles. The zero-order chi connectivity index (χ0) is 12.1. The Bertz CT molecular complexity index is 329. The van der Waals surface area contributed by atoms with Crippen molar-refractivity contribution in [3.63, 3.8) is 0 Å². The van der Waals surface area contributed by atoms with Crippen molar-refractivity contribution in [2.45, 2.75) is 19.8 Å². The lowest BCUT2D eigenvalue weighted by atomic mass is 9.97. The minimum atomic E-state index is 0.330. The normalized spacial score (nSPS) is 17.2. The SMILES string of the molecule is CCOc1ccc(N2CCC(CO)CC2)cc1. The molecule has 0 spiro atoms. The summed E-state index contributed by atoms with van der Waals surface area (Å²) in [4.78, 5) is 2.38. The van der Waals surface area contributed by atoms with Crippen LogP contribution in [0.4, 0.5) is 5.69 Å². The predicted octanol–water partition coefficient (Wildman–Crippen LogP) is 2.29. The first-order chi connectivity index (χ1) is 8.33. The monoisotopic (exact) mass is 235 g/mol. The quantitative estimate of drug-likeness (QED) is 0.869. The van der Waals surface area contributed by atoms with Crippen molar-refractivity contribution in [2.75, 3.05) is 31.2 Å². The number of ether oxygens (including phenoxy) is 1. The number of nitrogens with zero attached hydrogens (tertiary/aromatic N) is 1. The molecule has 17 heavy (non-hydrogen) atoms. The van der Waals surface area contributed by atoms with Crippen molar-refractivity contribution >= 4 is 5.69 Å². The number of aliphatic hydroxyl groups excluding tert-OH is 1. The molecule has 1 N–H and O–H groups in total. The second-order valence-corrected chi connectivity index (χ2v) is 4.54. The van der Waals surface area contributed by atoms with E-state index >= 15 is 0 Å². The third kappa shape index (κ3) is 3.13. The van der Waals surface area contributed by atoms with Crippen LogP contribution in [0.25, 0.3) is 0 Å². The summed E-state index contributed by atoms with van der Waals surface area (Å²) in [7, 11) is 0. The summed E-state index contributed by atoms with van der Waals surface area (Å²) < 4.78 is 5.43. The van der Waals surface area contributed by atoms with Crippen LogP contribution in [-0.4, -0.2) is 31.4 Å². The minimum Gasteiger partial charge on any atom is -0.494 e. The van der Waals surface area contributed by atoms with Crippen molar-refractivity contribution in [2.24, 2.45) is 5.92 Å². The molecule has 1 aromatic carbocycles. The minimum absolute atomic E-state index is 0.330. The molecule has 1 aliphatic heterocycles. The zero-order valence-electron chi connectivity index (χ0n) is 10.4. The summed E-state index contributed by atoms with van der Waals surface area (Å²) in [5, 5.41) is 9.11. The zero-order valence-corrected chi connectivity index (χ0v) is 10.4. The molecule has 0 saturated carbocycles. The standard InChI is InChI=1S/C14H21NO2/c1-2-17-14-5-3-13(4-6-14)15-9-7-12(11-16)8-10-15/h3-6,12,16H,2,7-11H2,1H3. The van der Waals surface area contributed by atoms with Crippen molar-refractivity contribution in [3.05, 3.63) is 24.3 Å². The van der Waals surface area contributed by atoms with Crippen LogP contribution >= 0.6 is 0 Å². The number of aliphatic hydroxyl groups is 1. The van der Waals surface area contributed by atoms with E-state index in [1.807, 2.05) is 19.1 Å². The molecule has 1 aliphatic rings. The molecule has 0 radical (unpaired) electrons. The van der Waals surface area contributed by atoms with Gasteiger partial charge in [-0.15, -0.1) is 0 Å². The van der Waals surface area contributed by atoms with Gasteiger partial charge in [0.1, 0.15) is 5.75 Å². The summed E-state index contributed by atoms with van der Waals surface area (Å²) in [6.45, 7) is 5.12. The first kappa shape index (κ1) is 12.2. The maximum absolute atomic E-state index is 9.11. The third-order valence-electron chi connectivity index (χ3n) is 3.39. The lowest BCUT2D eigenvalue weighted by Gasteiger charge is -2.32. The van der Waals surface area contributed by atoms with Crippen molar-refractivity contribution in [1.29, 1.82) is 0 Å². The second kappa shape index (κ2) is 5.92. The van der Waals surface area contributed by atoms with E-state index in [0.29, 0.717) is 19.1 Å². The van der Waals surface area contributed by atoms with E-state index in [9.17, 15) is 0 Å². The lowest BCUT2D eigenvalue weighted by Crippen LogP contribution is -2.34. The maximum Gasteiger partial charge on any atom is 0.119 e. The number of hydrogen-bond acceptors (Lipinski definition) is 3. The van der Waals surface area contributed by atoms with Crippen LogP contribution in [0.5, 0.6) is 5.75 Å². The first-order valence-electron chi connectivity index (χ1n) is 6.42. The molecule has 94 valence electrons. The highest BCUT2D eigenvalue weighted by molar-refractivity contribution is 5.49. The van der Waals surface area contributed by atoms with E-state index in [2.05, 4.69) is 17.0 Å². The fraction of sp³-hybridized carbons (Fsp3) is 0.571. The van der Waals surface area contributed by atoms with E-state index in [1.54, 1.807) is 0 Å². The molecule has 0 atom stereocenters. The fourth-order valence-corrected chi connectivity index (χ4v) is 2.29. The Hall–Kier alpha value is -1.22. The van der Waals surface area contributed by atoms with Crippen LogP contribution < -0.4 is 9.64 Å². The number of rotatable bonds is 4. The number of piperidine rings is 1. The molecule has 1 heterocycles. The van der Waals surface area contributed by atoms with Gasteiger partial charge in [0.05, 0.1) is 6.61 Å². The molecule has 0 amide bonds. The Kier molecular flexibility index (Phi) is 4.26. The van der Waals surface area contributed by atoms with Gasteiger partial charge in [0.25, 0.3) is 0 Å². The Morgan fingerprint density at radius 2 is 1.88 bits per heavy atom. The van der Waals surface area contributed by atoms with Gasteiger partial charge in [0, 0.05) is 25.4 Å². The van der Waals surface area contributed by atoms with Crippen LogP contribution in [0.1, 0.15) is 19.8 Å². The molecule has 0 aromatic heterocycles. The molecule has 3 heteroatoms. The van der Waals surface area contributed by atoms with Gasteiger partial charge in [-0.05, 0) is 49.9 Å². The van der Waals surface area contributed by atoms with E-state index in [0.717, 1.165) is 31.7 Å². The molecule has 0 aliphatic carbocycles. The second-order valence-electron chi connectivity index (χ2n) is 4.54. The van der Waals surface area contributed by atoms with E-state index in [4.69, 9.17) is 9.84 Å². The van der Waals surface area contributed by atoms with Crippen LogP contribution in [0.15, 0.2) is 24.3 Å². The van der Waals surface area contributed by atoms with Gasteiger partial charge >= 0.3 is 0 Å². The topological polar surface area (TPSA) is 32.7 Å². The lowest BCUT2D eigenvalue weighted by molar-refractivity contribution is 0.203. The molecule has 1 fully saturated rings. The van der Waals surface area contributed by atoms with Gasteiger partial charge in [-0.3, -0.25) is 0 Å². The highest BCUT2D eigenvalue weighted by atomic mass is 16.5. The third-order valence-corrected chi connectivity index (χ3v) is 3.39. The number of hydrogen-bond donors (Lipinski definition) is 1. The number of anilines is 1. The van der Waals surface area contributed by atoms with Gasteiger partial charge in [-0.1, -0.05) is 0 Å². The Labute approximate surface area is 103 Å². The van der Waals surface area contributed by atoms with Crippen molar-refractivity contribution in [3.8, 4) is 5.75 Å². The van der Waals surface area contributed by atoms with Crippen molar-refractivity contribution < 1.29 is 9.84 Å². The van der Waals surface area contributed by atoms with Crippen molar-refractivity contribution in [1.82, 2.24) is 0 Å².